The minimum atomic E-state index is 0.511. The maximum Gasteiger partial charge on any atom is 0.178 e. The number of nitrogens with zero attached hydrogens (tertiary/aromatic N) is 7. The van der Waals surface area contributed by atoms with Gasteiger partial charge in [-0.2, -0.15) is 4.52 Å². The SMILES string of the molecule is Cc1nnc2ccc(N3CCC(N(C)c4ccccn4)CC3)nn12. The Morgan fingerprint density at radius 3 is 2.67 bits per heavy atom. The second kappa shape index (κ2) is 6.07. The van der Waals surface area contributed by atoms with Crippen LogP contribution in [0, 0.1) is 6.92 Å². The van der Waals surface area contributed by atoms with E-state index in [9.17, 15) is 0 Å². The van der Waals surface area contributed by atoms with Crippen LogP contribution in [0.2, 0.25) is 0 Å². The van der Waals surface area contributed by atoms with Gasteiger partial charge in [-0.15, -0.1) is 15.3 Å². The molecule has 4 heterocycles. The molecule has 0 N–H and O–H groups in total. The molecule has 3 aromatic heterocycles. The van der Waals surface area contributed by atoms with Crippen LogP contribution in [0.25, 0.3) is 5.65 Å². The van der Waals surface area contributed by atoms with Gasteiger partial charge in [-0.05, 0) is 44.0 Å². The van der Waals surface area contributed by atoms with Crippen molar-refractivity contribution in [1.82, 2.24) is 24.8 Å². The van der Waals surface area contributed by atoms with Crippen LogP contribution in [0.3, 0.4) is 0 Å². The lowest BCUT2D eigenvalue weighted by Crippen LogP contribution is -2.44. The number of rotatable bonds is 3. The van der Waals surface area contributed by atoms with Crippen LogP contribution in [-0.2, 0) is 0 Å². The van der Waals surface area contributed by atoms with Gasteiger partial charge in [-0.25, -0.2) is 4.98 Å². The summed E-state index contributed by atoms with van der Waals surface area (Å²) in [6.45, 7) is 3.90. The number of pyridine rings is 1. The Labute approximate surface area is 140 Å². The van der Waals surface area contributed by atoms with Gasteiger partial charge in [-0.1, -0.05) is 6.07 Å². The Balaban J connectivity index is 1.46. The second-order valence-corrected chi connectivity index (χ2v) is 6.23. The largest absolute Gasteiger partial charge is 0.357 e. The fraction of sp³-hybridized carbons (Fsp3) is 0.412. The van der Waals surface area contributed by atoms with Gasteiger partial charge in [0.25, 0.3) is 0 Å². The molecule has 0 aromatic carbocycles. The van der Waals surface area contributed by atoms with Gasteiger partial charge < -0.3 is 9.80 Å². The van der Waals surface area contributed by atoms with E-state index in [2.05, 4.69) is 43.2 Å². The molecule has 0 bridgehead atoms. The predicted molar refractivity (Wildman–Crippen MR) is 93.4 cm³/mol. The molecule has 1 aliphatic rings. The summed E-state index contributed by atoms with van der Waals surface area (Å²) in [4.78, 5) is 9.08. The predicted octanol–water partition coefficient (Wildman–Crippen LogP) is 1.93. The van der Waals surface area contributed by atoms with E-state index >= 15 is 0 Å². The first-order valence-electron chi connectivity index (χ1n) is 8.30. The van der Waals surface area contributed by atoms with Crippen molar-refractivity contribution in [3.8, 4) is 0 Å². The Kier molecular flexibility index (Phi) is 3.76. The molecule has 124 valence electrons. The molecule has 0 unspecified atom stereocenters. The molecule has 0 radical (unpaired) electrons. The molecular formula is C17H21N7. The van der Waals surface area contributed by atoms with Crippen LogP contribution in [0.4, 0.5) is 11.6 Å². The van der Waals surface area contributed by atoms with Gasteiger partial charge in [-0.3, -0.25) is 0 Å². The number of piperidine rings is 1. The van der Waals surface area contributed by atoms with E-state index in [0.29, 0.717) is 6.04 Å². The van der Waals surface area contributed by atoms with Crippen molar-refractivity contribution >= 4 is 17.3 Å². The Hall–Kier alpha value is -2.70. The Morgan fingerprint density at radius 2 is 1.92 bits per heavy atom. The Morgan fingerprint density at radius 1 is 1.08 bits per heavy atom. The van der Waals surface area contributed by atoms with Crippen LogP contribution >= 0.6 is 0 Å². The van der Waals surface area contributed by atoms with E-state index in [1.165, 1.54) is 0 Å². The molecule has 0 saturated carbocycles. The Bertz CT molecular complexity index is 821. The molecule has 0 aliphatic carbocycles. The van der Waals surface area contributed by atoms with E-state index in [1.807, 2.05) is 37.4 Å². The first-order valence-corrected chi connectivity index (χ1v) is 8.30. The fourth-order valence-corrected chi connectivity index (χ4v) is 3.29. The molecule has 0 spiro atoms. The quantitative estimate of drug-likeness (QED) is 0.734. The third-order valence-electron chi connectivity index (χ3n) is 4.75. The van der Waals surface area contributed by atoms with E-state index in [-0.39, 0.29) is 0 Å². The highest BCUT2D eigenvalue weighted by molar-refractivity contribution is 5.46. The molecule has 4 rings (SSSR count). The number of hydrogen-bond donors (Lipinski definition) is 0. The molecule has 24 heavy (non-hydrogen) atoms. The topological polar surface area (TPSA) is 62.5 Å². The van der Waals surface area contributed by atoms with Gasteiger partial charge in [0.15, 0.2) is 11.5 Å². The zero-order valence-electron chi connectivity index (χ0n) is 14.0. The van der Waals surface area contributed by atoms with Crippen LogP contribution in [0.5, 0.6) is 0 Å². The lowest BCUT2D eigenvalue weighted by atomic mass is 10.0. The van der Waals surface area contributed by atoms with Crippen LogP contribution < -0.4 is 9.80 Å². The molecule has 3 aromatic rings. The van der Waals surface area contributed by atoms with Crippen molar-refractivity contribution in [3.63, 3.8) is 0 Å². The number of fused-ring (bicyclic) bond motifs is 1. The first-order chi connectivity index (χ1) is 11.7. The van der Waals surface area contributed by atoms with Crippen LogP contribution in [-0.4, -0.2) is 51.0 Å². The van der Waals surface area contributed by atoms with E-state index in [4.69, 9.17) is 0 Å². The maximum atomic E-state index is 4.68. The molecule has 1 saturated heterocycles. The summed E-state index contributed by atoms with van der Waals surface area (Å²) < 4.78 is 1.81. The summed E-state index contributed by atoms with van der Waals surface area (Å²) in [7, 11) is 2.13. The average Bonchev–Trinajstić information content (AvgIpc) is 3.02. The second-order valence-electron chi connectivity index (χ2n) is 6.23. The number of aromatic nitrogens is 5. The average molecular weight is 323 g/mol. The number of hydrogen-bond acceptors (Lipinski definition) is 6. The minimum Gasteiger partial charge on any atom is -0.357 e. The molecule has 7 heteroatoms. The summed E-state index contributed by atoms with van der Waals surface area (Å²) in [5, 5.41) is 12.8. The minimum absolute atomic E-state index is 0.511. The smallest absolute Gasteiger partial charge is 0.178 e. The third kappa shape index (κ3) is 2.66. The van der Waals surface area contributed by atoms with Gasteiger partial charge in [0.2, 0.25) is 0 Å². The number of anilines is 2. The zero-order valence-corrected chi connectivity index (χ0v) is 14.0. The highest BCUT2D eigenvalue weighted by Gasteiger charge is 2.24. The summed E-state index contributed by atoms with van der Waals surface area (Å²) in [6.07, 6.45) is 4.03. The van der Waals surface area contributed by atoms with Crippen LogP contribution in [0.15, 0.2) is 36.5 Å². The highest BCUT2D eigenvalue weighted by Crippen LogP contribution is 2.23. The molecule has 7 nitrogen and oxygen atoms in total. The van der Waals surface area contributed by atoms with Crippen molar-refractivity contribution in [3.05, 3.63) is 42.4 Å². The van der Waals surface area contributed by atoms with Crippen molar-refractivity contribution in [2.45, 2.75) is 25.8 Å². The van der Waals surface area contributed by atoms with Crippen molar-refractivity contribution in [1.29, 1.82) is 0 Å². The van der Waals surface area contributed by atoms with Crippen molar-refractivity contribution < 1.29 is 0 Å². The molecule has 0 amide bonds. The van der Waals surface area contributed by atoms with E-state index in [1.54, 1.807) is 4.52 Å². The first kappa shape index (κ1) is 14.9. The molecule has 0 atom stereocenters. The molecule has 1 aliphatic heterocycles. The van der Waals surface area contributed by atoms with Gasteiger partial charge >= 0.3 is 0 Å². The van der Waals surface area contributed by atoms with Gasteiger partial charge in [0.1, 0.15) is 11.6 Å². The zero-order chi connectivity index (χ0) is 16.5. The van der Waals surface area contributed by atoms with Gasteiger partial charge in [0.05, 0.1) is 0 Å². The molecule has 1 fully saturated rings. The lowest BCUT2D eigenvalue weighted by molar-refractivity contribution is 0.476. The van der Waals surface area contributed by atoms with Crippen LogP contribution in [0.1, 0.15) is 18.7 Å². The summed E-state index contributed by atoms with van der Waals surface area (Å²) in [5.74, 6) is 2.84. The summed E-state index contributed by atoms with van der Waals surface area (Å²) in [5.41, 5.74) is 0.793. The normalized spacial score (nSPS) is 15.8. The van der Waals surface area contributed by atoms with E-state index < -0.39 is 0 Å². The highest BCUT2D eigenvalue weighted by atomic mass is 15.4. The summed E-state index contributed by atoms with van der Waals surface area (Å²) >= 11 is 0. The lowest BCUT2D eigenvalue weighted by Gasteiger charge is -2.37. The fourth-order valence-electron chi connectivity index (χ4n) is 3.29. The van der Waals surface area contributed by atoms with Gasteiger partial charge in [0, 0.05) is 32.4 Å². The number of aryl methyl sites for hydroxylation is 1. The summed E-state index contributed by atoms with van der Waals surface area (Å²) in [6, 6.07) is 10.6. The maximum absolute atomic E-state index is 4.68. The monoisotopic (exact) mass is 323 g/mol. The standard InChI is InChI=1S/C17H21N7/c1-13-19-20-16-6-7-17(21-24(13)16)23-11-8-14(9-12-23)22(2)15-5-3-4-10-18-15/h3-7,10,14H,8-9,11-12H2,1-2H3. The van der Waals surface area contributed by atoms with Crippen molar-refractivity contribution in [2.75, 3.05) is 29.9 Å². The third-order valence-corrected chi connectivity index (χ3v) is 4.75. The van der Waals surface area contributed by atoms with E-state index in [0.717, 1.165) is 49.0 Å². The molecular weight excluding hydrogens is 302 g/mol. The van der Waals surface area contributed by atoms with Crippen molar-refractivity contribution in [2.24, 2.45) is 0 Å².